The van der Waals surface area contributed by atoms with Gasteiger partial charge in [0.05, 0.1) is 32.9 Å². The van der Waals surface area contributed by atoms with E-state index in [9.17, 15) is 0 Å². The molecule has 0 spiro atoms. The average molecular weight is 2330 g/mol. The van der Waals surface area contributed by atoms with E-state index < -0.39 is 16.1 Å². The molecule has 0 amide bonds. The molecule has 12 aromatic carbocycles. The Kier molecular flexibility index (Phi) is 33.1. The molecule has 3 radical (unpaired) electrons. The smallest absolute Gasteiger partial charge is 0.121 e. The average Bonchev–Trinajstić information content (AvgIpc) is 1.59. The predicted octanol–water partition coefficient (Wildman–Crippen LogP) is 30.2. The van der Waals surface area contributed by atoms with Crippen LogP contribution in [-0.2, 0) is 60.3 Å². The molecule has 0 saturated carbocycles. The summed E-state index contributed by atoms with van der Waals surface area (Å²) in [6, 6.07) is 137. The van der Waals surface area contributed by atoms with Crippen LogP contribution in [0.15, 0.2) is 409 Å². The molecule has 0 bridgehead atoms. The molecule has 10 aromatic heterocycles. The van der Waals surface area contributed by atoms with Crippen molar-refractivity contribution in [2.24, 2.45) is 0 Å². The van der Waals surface area contributed by atoms with E-state index >= 15 is 0 Å². The van der Waals surface area contributed by atoms with Crippen LogP contribution in [0.4, 0.5) is 0 Å². The van der Waals surface area contributed by atoms with Crippen LogP contribution < -0.4 is 10.4 Å². The standard InChI is InChI=1S/2C25H18NO.C24H17N2O.C18H14N.C15H18NSi.C14H16NSi.3Ir/c1-17(18-8-3-2-4-9-18)19-13-14-20-21-10-7-11-22(23-12-5-6-15-26-23)25(21)27-24(20)16-19;1-17(18-8-3-2-4-9-18)19-13-14-24-22(16-19)20-10-7-11-21(25(20)27-24)23-12-5-6-15-26-23;1-16(17-11-14-25-15-12-17)18-9-10-19(21-7-4-5-13-26-21)24-23(18)20-6-2-3-8-22(20)27-24;1-14-13-19-18(16-10-6-3-7-11-16)12-17(14)15-8-4-2-5-9-15;1-12-5-7-13(8-6-12)15-10-9-14(11-16-15)17(2,3)4;1-16(2,3)13-9-10-14(15-11-13)12-7-5-4-6-8-12;;;/h2*2-10,12-17H,1H3;2-9,11-16H,1H3;2-10,12-13H,1H3;5-7,9-11H,1-4H3;4-7,9-11H,1-3H3;;;/q6*-1;;;. The second-order valence-electron chi connectivity index (χ2n) is 35.2. The Morgan fingerprint density at radius 3 is 1.26 bits per heavy atom. The monoisotopic (exact) mass is 2330 g/mol. The minimum absolute atomic E-state index is 0. The maximum Gasteiger partial charge on any atom is 0.121 e. The zero-order valence-electron chi connectivity index (χ0n) is 77.6. The summed E-state index contributed by atoms with van der Waals surface area (Å²) in [5, 5.41) is 9.51. The molecule has 22 aromatic rings. The molecule has 0 aliphatic rings. The predicted molar refractivity (Wildman–Crippen MR) is 553 cm³/mol. The van der Waals surface area contributed by atoms with Crippen molar-refractivity contribution in [1.82, 2.24) is 34.9 Å². The van der Waals surface area contributed by atoms with E-state index in [2.05, 4.69) is 345 Å². The van der Waals surface area contributed by atoms with Crippen molar-refractivity contribution in [3.63, 3.8) is 0 Å². The van der Waals surface area contributed by atoms with E-state index in [1.807, 2.05) is 177 Å². The van der Waals surface area contributed by atoms with E-state index in [-0.39, 0.29) is 66.2 Å². The fourth-order valence-corrected chi connectivity index (χ4v) is 18.4. The van der Waals surface area contributed by atoms with Crippen molar-refractivity contribution >= 4 is 92.3 Å². The number of para-hydroxylation sites is 1. The van der Waals surface area contributed by atoms with Crippen molar-refractivity contribution in [2.75, 3.05) is 0 Å². The minimum Gasteiger partial charge on any atom is -0.501 e. The van der Waals surface area contributed by atoms with E-state index in [1.54, 1.807) is 18.6 Å². The number of hydrogen-bond acceptors (Lipinski definition) is 10. The van der Waals surface area contributed by atoms with Crippen LogP contribution in [0.2, 0.25) is 39.3 Å². The fraction of sp³-hybridized carbons (Fsp3) is 0.116. The Balaban J connectivity index is 0.000000132. The first-order valence-electron chi connectivity index (χ1n) is 45.0. The Morgan fingerprint density at radius 2 is 0.750 bits per heavy atom. The van der Waals surface area contributed by atoms with E-state index in [0.29, 0.717) is 11.8 Å². The van der Waals surface area contributed by atoms with Crippen molar-refractivity contribution in [2.45, 2.75) is 91.7 Å². The van der Waals surface area contributed by atoms with Crippen molar-refractivity contribution in [3.8, 4) is 78.7 Å². The summed E-state index contributed by atoms with van der Waals surface area (Å²) in [6.07, 6.45) is 15.0. The summed E-state index contributed by atoms with van der Waals surface area (Å²) >= 11 is 0. The van der Waals surface area contributed by atoms with Crippen LogP contribution in [0, 0.1) is 50.2 Å². The zero-order valence-corrected chi connectivity index (χ0v) is 86.8. The third kappa shape index (κ3) is 23.3. The molecule has 3 atom stereocenters. The van der Waals surface area contributed by atoms with Crippen LogP contribution in [0.5, 0.6) is 0 Å². The minimum atomic E-state index is -1.24. The number of furan rings is 3. The van der Waals surface area contributed by atoms with Gasteiger partial charge < -0.3 is 43.2 Å². The van der Waals surface area contributed by atoms with Gasteiger partial charge in [0.2, 0.25) is 0 Å². The van der Waals surface area contributed by atoms with Gasteiger partial charge in [-0.3, -0.25) is 4.98 Å². The first kappa shape index (κ1) is 98.5. The molecule has 10 nitrogen and oxygen atoms in total. The van der Waals surface area contributed by atoms with Crippen LogP contribution in [-0.4, -0.2) is 51.0 Å². The first-order chi connectivity index (χ1) is 64.8. The second-order valence-corrected chi connectivity index (χ2v) is 45.3. The van der Waals surface area contributed by atoms with E-state index in [1.165, 1.54) is 66.0 Å². The van der Waals surface area contributed by atoms with E-state index in [4.69, 9.17) is 13.3 Å². The number of fused-ring (bicyclic) bond motifs is 9. The van der Waals surface area contributed by atoms with Crippen molar-refractivity contribution in [1.29, 1.82) is 0 Å². The summed E-state index contributed by atoms with van der Waals surface area (Å²) < 4.78 is 18.8. The number of pyridine rings is 7. The fourth-order valence-electron chi connectivity index (χ4n) is 16.4. The molecule has 0 fully saturated rings. The normalized spacial score (nSPS) is 11.7. The van der Waals surface area contributed by atoms with Crippen LogP contribution in [0.25, 0.3) is 144 Å². The molecule has 3 unspecified atom stereocenters. The van der Waals surface area contributed by atoms with E-state index in [0.717, 1.165) is 133 Å². The SMILES string of the molecule is CC(c1ccccc1)c1ccc2c(c1)oc1c(-c3ccccn3)[c-]ccc12.CC(c1ccccc1)c1ccc2oc3c(-c4ccccn4)[c-]ccc3c2c1.CC(c1ccncc1)c1c[c-]c(-c2ccccn2)c2oc3ccccc3c12.C[Si](C)(C)c1ccc(-c2[c-]cccc2)nc1.Cc1c[c-]c(-c2ccc([Si](C)(C)C)cn2)cc1.Cc1cnc(-c2[c-]cccc2)cc1-c1ccccc1.[Ir].[Ir].[Ir]. The molecule has 22 rings (SSSR count). The zero-order chi connectivity index (χ0) is 91.8. The van der Waals surface area contributed by atoms with Gasteiger partial charge in [0, 0.05) is 138 Å². The molecule has 10 heterocycles. The van der Waals surface area contributed by atoms with Crippen molar-refractivity contribution in [3.05, 3.63) is 476 Å². The maximum atomic E-state index is 6.29. The Bertz CT molecular complexity index is 7560. The maximum absolute atomic E-state index is 6.29. The molecule has 15 heteroatoms. The van der Waals surface area contributed by atoms with Crippen LogP contribution >= 0.6 is 0 Å². The summed E-state index contributed by atoms with van der Waals surface area (Å²) in [5.41, 5.74) is 29.1. The Hall–Kier alpha value is -13.5. The Labute approximate surface area is 840 Å². The topological polar surface area (TPSA) is 130 Å². The van der Waals surface area contributed by atoms with Gasteiger partial charge in [-0.05, 0) is 156 Å². The van der Waals surface area contributed by atoms with Crippen molar-refractivity contribution < 1.29 is 73.6 Å². The van der Waals surface area contributed by atoms with Crippen LogP contribution in [0.1, 0.15) is 83.0 Å². The van der Waals surface area contributed by atoms with Gasteiger partial charge in [-0.2, -0.15) is 0 Å². The largest absolute Gasteiger partial charge is 0.501 e. The third-order valence-corrected chi connectivity index (χ3v) is 28.1. The van der Waals surface area contributed by atoms with Crippen LogP contribution in [0.3, 0.4) is 0 Å². The van der Waals surface area contributed by atoms with Gasteiger partial charge in [0.25, 0.3) is 0 Å². The summed E-state index contributed by atoms with van der Waals surface area (Å²) in [5.74, 6) is 0.835. The van der Waals surface area contributed by atoms with Gasteiger partial charge in [-0.1, -0.05) is 294 Å². The molecule has 0 aliphatic carbocycles. The van der Waals surface area contributed by atoms with Gasteiger partial charge in [-0.25, -0.2) is 0 Å². The molecule has 0 saturated heterocycles. The first-order valence-corrected chi connectivity index (χ1v) is 52.0. The molecule has 679 valence electrons. The van der Waals surface area contributed by atoms with Gasteiger partial charge in [0.15, 0.2) is 0 Å². The molecular formula is C121H101Ir3N7O3Si2-6. The summed E-state index contributed by atoms with van der Waals surface area (Å²) in [7, 11) is -2.47. The number of aryl methyl sites for hydroxylation is 2. The van der Waals surface area contributed by atoms with Gasteiger partial charge in [0.1, 0.15) is 16.7 Å². The second kappa shape index (κ2) is 45.7. The number of hydrogen-bond donors (Lipinski definition) is 0. The van der Waals surface area contributed by atoms with Gasteiger partial charge in [-0.15, -0.1) is 161 Å². The summed E-state index contributed by atoms with van der Waals surface area (Å²) in [4.78, 5) is 31.1. The third-order valence-electron chi connectivity index (χ3n) is 24.1. The Morgan fingerprint density at radius 1 is 0.287 bits per heavy atom. The molecule has 0 N–H and O–H groups in total. The number of rotatable bonds is 15. The van der Waals surface area contributed by atoms with Gasteiger partial charge >= 0.3 is 0 Å². The molecule has 0 aliphatic heterocycles. The number of aromatic nitrogens is 7. The number of benzene rings is 12. The molecule has 136 heavy (non-hydrogen) atoms. The summed E-state index contributed by atoms with van der Waals surface area (Å²) in [6.45, 7) is 24.8. The quantitative estimate of drug-likeness (QED) is 0.0722. The molecular weight excluding hydrogens is 2230 g/mol. The number of nitrogens with zero attached hydrogens (tertiary/aromatic N) is 7.